The van der Waals surface area contributed by atoms with Crippen LogP contribution in [0.4, 0.5) is 0 Å². The molecule has 0 atom stereocenters. The van der Waals surface area contributed by atoms with E-state index in [0.717, 1.165) is 57.6 Å². The van der Waals surface area contributed by atoms with E-state index in [1.54, 1.807) is 0 Å². The molecule has 1 amide bonds. The van der Waals surface area contributed by atoms with Crippen molar-refractivity contribution < 1.29 is 4.79 Å². The molecule has 0 bridgehead atoms. The van der Waals surface area contributed by atoms with E-state index in [0.29, 0.717) is 5.91 Å². The highest BCUT2D eigenvalue weighted by atomic mass is 16.2. The third kappa shape index (κ3) is 2.35. The van der Waals surface area contributed by atoms with Crippen LogP contribution in [0, 0.1) is 0 Å². The molecule has 2 fully saturated rings. The molecule has 0 unspecified atom stereocenters. The van der Waals surface area contributed by atoms with Gasteiger partial charge in [0.15, 0.2) is 0 Å². The van der Waals surface area contributed by atoms with Crippen molar-refractivity contribution in [2.45, 2.75) is 37.6 Å². The Kier molecular flexibility index (Phi) is 3.54. The van der Waals surface area contributed by atoms with E-state index in [9.17, 15) is 4.79 Å². The molecule has 0 radical (unpaired) electrons. The number of nitrogens with zero attached hydrogens (tertiary/aromatic N) is 4. The van der Waals surface area contributed by atoms with Crippen LogP contribution in [-0.4, -0.2) is 57.5 Å². The minimum Gasteiger partial charge on any atom is -0.340 e. The Bertz CT molecular complexity index is 488. The van der Waals surface area contributed by atoms with Crippen LogP contribution in [0.25, 0.3) is 0 Å². The maximum absolute atomic E-state index is 11.7. The maximum atomic E-state index is 11.7. The Morgan fingerprint density at radius 1 is 1.25 bits per heavy atom. The maximum Gasteiger partial charge on any atom is 0.222 e. The predicted molar refractivity (Wildman–Crippen MR) is 77.3 cm³/mol. The van der Waals surface area contributed by atoms with Gasteiger partial charge >= 0.3 is 0 Å². The van der Waals surface area contributed by atoms with Crippen LogP contribution < -0.4 is 0 Å². The summed E-state index contributed by atoms with van der Waals surface area (Å²) < 4.78 is 2.09. The lowest BCUT2D eigenvalue weighted by molar-refractivity contribution is -0.130. The molecule has 5 heteroatoms. The quantitative estimate of drug-likeness (QED) is 0.828. The number of carbonyl (C=O) groups excluding carboxylic acids is 1. The average molecular weight is 276 g/mol. The van der Waals surface area contributed by atoms with E-state index >= 15 is 0 Å². The summed E-state index contributed by atoms with van der Waals surface area (Å²) in [6.07, 6.45) is 8.90. The number of hydrogen-bond donors (Lipinski definition) is 0. The van der Waals surface area contributed by atoms with Gasteiger partial charge in [-0.1, -0.05) is 0 Å². The lowest BCUT2D eigenvalue weighted by Gasteiger charge is -2.43. The van der Waals surface area contributed by atoms with Crippen molar-refractivity contribution in [1.82, 2.24) is 19.4 Å². The Balaban J connectivity index is 1.52. The number of aromatic nitrogens is 2. The Morgan fingerprint density at radius 3 is 2.55 bits per heavy atom. The molecule has 0 aromatic carbocycles. The van der Waals surface area contributed by atoms with Crippen LogP contribution >= 0.6 is 0 Å². The van der Waals surface area contributed by atoms with E-state index < -0.39 is 0 Å². The number of aryl methyl sites for hydroxylation is 1. The lowest BCUT2D eigenvalue weighted by Crippen LogP contribution is -2.51. The fourth-order valence-corrected chi connectivity index (χ4v) is 3.61. The van der Waals surface area contributed by atoms with Crippen LogP contribution in [-0.2, 0) is 18.3 Å². The van der Waals surface area contributed by atoms with E-state index in [1.807, 2.05) is 31.4 Å². The summed E-state index contributed by atoms with van der Waals surface area (Å²) >= 11 is 0. The summed E-state index contributed by atoms with van der Waals surface area (Å²) in [6.45, 7) is 3.27. The average Bonchev–Trinajstić information content (AvgIpc) is 2.98. The highest BCUT2D eigenvalue weighted by Gasteiger charge is 2.44. The molecular formula is C15H24N4O. The van der Waals surface area contributed by atoms with Crippen LogP contribution in [0.5, 0.6) is 0 Å². The van der Waals surface area contributed by atoms with Gasteiger partial charge in [0.25, 0.3) is 0 Å². The van der Waals surface area contributed by atoms with Crippen molar-refractivity contribution in [2.24, 2.45) is 7.05 Å². The van der Waals surface area contributed by atoms with Gasteiger partial charge in [0.2, 0.25) is 5.91 Å². The largest absolute Gasteiger partial charge is 0.340 e. The second kappa shape index (κ2) is 5.20. The number of rotatable bonds is 3. The molecule has 5 nitrogen and oxygen atoms in total. The van der Waals surface area contributed by atoms with Crippen molar-refractivity contribution in [3.8, 4) is 0 Å². The molecule has 3 heterocycles. The van der Waals surface area contributed by atoms with E-state index in [1.165, 1.54) is 0 Å². The minimum atomic E-state index is 0.163. The minimum absolute atomic E-state index is 0.163. The number of likely N-dealkylation sites (tertiary alicyclic amines) is 2. The molecule has 20 heavy (non-hydrogen) atoms. The zero-order chi connectivity index (χ0) is 14.2. The third-order valence-corrected chi connectivity index (χ3v) is 5.25. The first kappa shape index (κ1) is 13.6. The second-order valence-corrected chi connectivity index (χ2v) is 6.22. The molecule has 0 saturated carbocycles. The smallest absolute Gasteiger partial charge is 0.222 e. The van der Waals surface area contributed by atoms with Crippen LogP contribution in [0.1, 0.15) is 31.5 Å². The number of imidazole rings is 1. The fourth-order valence-electron chi connectivity index (χ4n) is 3.61. The highest BCUT2D eigenvalue weighted by Crippen LogP contribution is 2.37. The summed E-state index contributed by atoms with van der Waals surface area (Å²) in [7, 11) is 4.03. The van der Waals surface area contributed by atoms with Crippen LogP contribution in [0.3, 0.4) is 0 Å². The van der Waals surface area contributed by atoms with Crippen molar-refractivity contribution in [1.29, 1.82) is 0 Å². The van der Waals surface area contributed by atoms with Crippen molar-refractivity contribution in [3.05, 3.63) is 18.2 Å². The van der Waals surface area contributed by atoms with Gasteiger partial charge in [-0.05, 0) is 19.3 Å². The monoisotopic (exact) mass is 276 g/mol. The van der Waals surface area contributed by atoms with Gasteiger partial charge in [-0.3, -0.25) is 4.79 Å². The zero-order valence-electron chi connectivity index (χ0n) is 12.5. The van der Waals surface area contributed by atoms with Crippen molar-refractivity contribution in [2.75, 3.05) is 26.7 Å². The lowest BCUT2D eigenvalue weighted by atomic mass is 9.85. The van der Waals surface area contributed by atoms with Gasteiger partial charge in [0.05, 0.1) is 0 Å². The number of carbonyl (C=O) groups is 1. The second-order valence-electron chi connectivity index (χ2n) is 6.22. The molecule has 1 spiro atoms. The van der Waals surface area contributed by atoms with Crippen molar-refractivity contribution >= 4 is 5.91 Å². The predicted octanol–water partition coefficient (Wildman–Crippen LogP) is 1.05. The van der Waals surface area contributed by atoms with Gasteiger partial charge in [0, 0.05) is 64.5 Å². The zero-order valence-corrected chi connectivity index (χ0v) is 12.5. The summed E-state index contributed by atoms with van der Waals surface area (Å²) in [4.78, 5) is 20.7. The van der Waals surface area contributed by atoms with Gasteiger partial charge in [-0.25, -0.2) is 4.98 Å². The SMILES string of the molecule is CN1C(=O)CCC12CCN(CCc1nccn1C)CC2. The van der Waals surface area contributed by atoms with E-state index in [-0.39, 0.29) is 5.54 Å². The van der Waals surface area contributed by atoms with Crippen molar-refractivity contribution in [3.63, 3.8) is 0 Å². The van der Waals surface area contributed by atoms with Gasteiger partial charge < -0.3 is 14.4 Å². The first-order valence-corrected chi connectivity index (χ1v) is 7.56. The topological polar surface area (TPSA) is 41.4 Å². The van der Waals surface area contributed by atoms with E-state index in [4.69, 9.17) is 0 Å². The number of piperidine rings is 1. The fraction of sp³-hybridized carbons (Fsp3) is 0.733. The molecule has 3 rings (SSSR count). The molecule has 110 valence electrons. The molecular weight excluding hydrogens is 252 g/mol. The Morgan fingerprint density at radius 2 is 2.00 bits per heavy atom. The number of amides is 1. The highest BCUT2D eigenvalue weighted by molar-refractivity contribution is 5.79. The number of hydrogen-bond acceptors (Lipinski definition) is 3. The summed E-state index contributed by atoms with van der Waals surface area (Å²) in [5, 5.41) is 0. The summed E-state index contributed by atoms with van der Waals surface area (Å²) in [5.74, 6) is 1.48. The molecule has 2 saturated heterocycles. The Labute approximate surface area is 120 Å². The van der Waals surface area contributed by atoms with Crippen LogP contribution in [0.2, 0.25) is 0 Å². The molecule has 2 aliphatic rings. The van der Waals surface area contributed by atoms with Gasteiger partial charge in [0.1, 0.15) is 5.82 Å². The van der Waals surface area contributed by atoms with Gasteiger partial charge in [-0.2, -0.15) is 0 Å². The summed E-state index contributed by atoms with van der Waals surface area (Å²) in [6, 6.07) is 0. The molecule has 0 aliphatic carbocycles. The molecule has 1 aromatic heterocycles. The standard InChI is InChI=1S/C15H24N4O/c1-17-12-8-16-13(17)4-9-19-10-6-15(7-11-19)5-3-14(20)18(15)2/h8,12H,3-7,9-11H2,1-2H3. The molecule has 0 N–H and O–H groups in total. The first-order chi connectivity index (χ1) is 9.61. The summed E-state index contributed by atoms with van der Waals surface area (Å²) in [5.41, 5.74) is 0.163. The van der Waals surface area contributed by atoms with Gasteiger partial charge in [-0.15, -0.1) is 0 Å². The third-order valence-electron chi connectivity index (χ3n) is 5.25. The first-order valence-electron chi connectivity index (χ1n) is 7.56. The van der Waals surface area contributed by atoms with Crippen LogP contribution in [0.15, 0.2) is 12.4 Å². The normalized spacial score (nSPS) is 22.9. The Hall–Kier alpha value is -1.36. The van der Waals surface area contributed by atoms with E-state index in [2.05, 4.69) is 14.5 Å². The molecule has 2 aliphatic heterocycles. The molecule has 1 aromatic rings.